The number of benzene rings is 1. The average Bonchev–Trinajstić information content (AvgIpc) is 2.07. The molecule has 0 unspecified atom stereocenters. The van der Waals surface area contributed by atoms with E-state index in [4.69, 9.17) is 10.8 Å². The summed E-state index contributed by atoms with van der Waals surface area (Å²) in [5, 5.41) is 8.78. The van der Waals surface area contributed by atoms with Crippen LogP contribution in [-0.4, -0.2) is 17.0 Å². The van der Waals surface area contributed by atoms with Crippen molar-refractivity contribution in [3.8, 4) is 0 Å². The van der Waals surface area contributed by atoms with Crippen molar-refractivity contribution >= 4 is 27.8 Å². The minimum absolute atomic E-state index is 0.0492. The van der Waals surface area contributed by atoms with Gasteiger partial charge in [0.05, 0.1) is 12.0 Å². The number of carbonyl (C=O) groups is 2. The molecule has 1 aromatic carbocycles. The van der Waals surface area contributed by atoms with E-state index >= 15 is 0 Å². The maximum Gasteiger partial charge on any atom is 0.336 e. The fraction of sp³-hybridized carbons (Fsp3) is 0.111. The molecule has 0 fully saturated rings. The Morgan fingerprint density at radius 2 is 2.07 bits per heavy atom. The summed E-state index contributed by atoms with van der Waals surface area (Å²) in [7, 11) is 0. The summed E-state index contributed by atoms with van der Waals surface area (Å²) in [6.07, 6.45) is 0.0492. The lowest BCUT2D eigenvalue weighted by Crippen LogP contribution is -2.14. The molecular formula is C9H8BrNO3. The van der Waals surface area contributed by atoms with Crippen molar-refractivity contribution in [1.82, 2.24) is 0 Å². The van der Waals surface area contributed by atoms with Gasteiger partial charge in [0.25, 0.3) is 0 Å². The number of carboxylic acids is 1. The average molecular weight is 258 g/mol. The highest BCUT2D eigenvalue weighted by atomic mass is 79.9. The first-order valence-electron chi connectivity index (χ1n) is 3.80. The maximum atomic E-state index is 10.7. The molecule has 0 aromatic heterocycles. The molecule has 0 aliphatic carbocycles. The summed E-state index contributed by atoms with van der Waals surface area (Å²) in [5.74, 6) is -1.52. The van der Waals surface area contributed by atoms with Crippen molar-refractivity contribution in [3.05, 3.63) is 33.8 Å². The Balaban J connectivity index is 3.06. The number of nitrogens with two attached hydrogens (primary N) is 1. The monoisotopic (exact) mass is 257 g/mol. The summed E-state index contributed by atoms with van der Waals surface area (Å²) in [5.41, 5.74) is 5.71. The van der Waals surface area contributed by atoms with E-state index < -0.39 is 11.9 Å². The Morgan fingerprint density at radius 3 is 2.57 bits per heavy atom. The number of aromatic carboxylic acids is 1. The summed E-state index contributed by atoms with van der Waals surface area (Å²) >= 11 is 3.10. The summed E-state index contributed by atoms with van der Waals surface area (Å²) in [6.45, 7) is 0. The van der Waals surface area contributed by atoms with Crippen LogP contribution in [0.25, 0.3) is 0 Å². The van der Waals surface area contributed by atoms with Gasteiger partial charge in [0, 0.05) is 4.47 Å². The molecule has 5 heteroatoms. The number of carboxylic acid groups (broad SMARTS) is 1. The van der Waals surface area contributed by atoms with Crippen LogP contribution in [0.1, 0.15) is 15.9 Å². The first-order chi connectivity index (χ1) is 6.50. The summed E-state index contributed by atoms with van der Waals surface area (Å²) in [4.78, 5) is 21.3. The molecule has 0 saturated carbocycles. The molecular weight excluding hydrogens is 250 g/mol. The quantitative estimate of drug-likeness (QED) is 0.854. The first kappa shape index (κ1) is 10.7. The minimum Gasteiger partial charge on any atom is -0.478 e. The molecule has 0 radical (unpaired) electrons. The molecule has 0 aliphatic heterocycles. The van der Waals surface area contributed by atoms with Gasteiger partial charge in [-0.1, -0.05) is 6.07 Å². The molecule has 74 valence electrons. The van der Waals surface area contributed by atoms with Gasteiger partial charge in [0.1, 0.15) is 0 Å². The van der Waals surface area contributed by atoms with Crippen LogP contribution < -0.4 is 5.73 Å². The Bertz CT molecular complexity index is 390. The van der Waals surface area contributed by atoms with Gasteiger partial charge in [-0.3, -0.25) is 4.79 Å². The molecule has 3 N–H and O–H groups in total. The van der Waals surface area contributed by atoms with Gasteiger partial charge in [0.2, 0.25) is 5.91 Å². The highest BCUT2D eigenvalue weighted by Gasteiger charge is 2.09. The lowest BCUT2D eigenvalue weighted by Gasteiger charge is -2.02. The Kier molecular flexibility index (Phi) is 3.24. The van der Waals surface area contributed by atoms with Gasteiger partial charge in [-0.25, -0.2) is 4.79 Å². The fourth-order valence-electron chi connectivity index (χ4n) is 1.05. The van der Waals surface area contributed by atoms with Crippen molar-refractivity contribution in [2.75, 3.05) is 0 Å². The lowest BCUT2D eigenvalue weighted by molar-refractivity contribution is -0.117. The third-order valence-electron chi connectivity index (χ3n) is 1.64. The van der Waals surface area contributed by atoms with Gasteiger partial charge in [-0.15, -0.1) is 0 Å². The van der Waals surface area contributed by atoms with E-state index in [-0.39, 0.29) is 12.0 Å². The normalized spacial score (nSPS) is 9.79. The zero-order chi connectivity index (χ0) is 10.7. The van der Waals surface area contributed by atoms with Crippen LogP contribution in [0.2, 0.25) is 0 Å². The smallest absolute Gasteiger partial charge is 0.336 e. The number of rotatable bonds is 3. The molecule has 0 spiro atoms. The van der Waals surface area contributed by atoms with E-state index in [1.807, 2.05) is 0 Å². The lowest BCUT2D eigenvalue weighted by atomic mass is 10.1. The van der Waals surface area contributed by atoms with Crippen molar-refractivity contribution in [1.29, 1.82) is 0 Å². The zero-order valence-electron chi connectivity index (χ0n) is 7.16. The van der Waals surface area contributed by atoms with Crippen LogP contribution in [0.4, 0.5) is 0 Å². The standard InChI is InChI=1S/C9H8BrNO3/c10-7-2-1-5(4-8(11)12)3-6(7)9(13)14/h1-3H,4H2,(H2,11,12)(H,13,14). The third-order valence-corrected chi connectivity index (χ3v) is 2.33. The van der Waals surface area contributed by atoms with Crippen LogP contribution in [0.5, 0.6) is 0 Å². The Labute approximate surface area is 88.9 Å². The van der Waals surface area contributed by atoms with Gasteiger partial charge >= 0.3 is 5.97 Å². The van der Waals surface area contributed by atoms with Gasteiger partial charge < -0.3 is 10.8 Å². The number of hydrogen-bond donors (Lipinski definition) is 2. The first-order valence-corrected chi connectivity index (χ1v) is 4.60. The fourth-order valence-corrected chi connectivity index (χ4v) is 1.46. The molecule has 0 heterocycles. The maximum absolute atomic E-state index is 10.7. The molecule has 0 bridgehead atoms. The number of halogens is 1. The predicted octanol–water partition coefficient (Wildman–Crippen LogP) is 1.18. The van der Waals surface area contributed by atoms with Crippen molar-refractivity contribution < 1.29 is 14.7 Å². The molecule has 1 rings (SSSR count). The highest BCUT2D eigenvalue weighted by molar-refractivity contribution is 9.10. The van der Waals surface area contributed by atoms with E-state index in [2.05, 4.69) is 15.9 Å². The molecule has 0 aliphatic rings. The summed E-state index contributed by atoms with van der Waals surface area (Å²) < 4.78 is 0.484. The SMILES string of the molecule is NC(=O)Cc1ccc(Br)c(C(=O)O)c1. The van der Waals surface area contributed by atoms with Crippen LogP contribution in [0.3, 0.4) is 0 Å². The Hall–Kier alpha value is -1.36. The summed E-state index contributed by atoms with van der Waals surface area (Å²) in [6, 6.07) is 4.67. The second kappa shape index (κ2) is 4.23. The van der Waals surface area contributed by atoms with E-state index in [1.54, 1.807) is 12.1 Å². The second-order valence-corrected chi connectivity index (χ2v) is 3.62. The zero-order valence-corrected chi connectivity index (χ0v) is 8.74. The van der Waals surface area contributed by atoms with Crippen molar-refractivity contribution in [2.24, 2.45) is 5.73 Å². The van der Waals surface area contributed by atoms with E-state index in [0.717, 1.165) is 0 Å². The van der Waals surface area contributed by atoms with Gasteiger partial charge in [0.15, 0.2) is 0 Å². The number of hydrogen-bond acceptors (Lipinski definition) is 2. The Morgan fingerprint density at radius 1 is 1.43 bits per heavy atom. The van der Waals surface area contributed by atoms with Gasteiger partial charge in [-0.05, 0) is 33.6 Å². The number of amides is 1. The molecule has 1 amide bonds. The predicted molar refractivity (Wildman–Crippen MR) is 54.0 cm³/mol. The second-order valence-electron chi connectivity index (χ2n) is 2.76. The van der Waals surface area contributed by atoms with E-state index in [9.17, 15) is 9.59 Å². The van der Waals surface area contributed by atoms with Crippen LogP contribution in [0.15, 0.2) is 22.7 Å². The molecule has 14 heavy (non-hydrogen) atoms. The van der Waals surface area contributed by atoms with Crippen molar-refractivity contribution in [3.63, 3.8) is 0 Å². The molecule has 1 aromatic rings. The highest BCUT2D eigenvalue weighted by Crippen LogP contribution is 2.18. The van der Waals surface area contributed by atoms with Crippen LogP contribution in [-0.2, 0) is 11.2 Å². The van der Waals surface area contributed by atoms with Crippen molar-refractivity contribution in [2.45, 2.75) is 6.42 Å². The third kappa shape index (κ3) is 2.56. The number of carbonyl (C=O) groups excluding carboxylic acids is 1. The molecule has 4 nitrogen and oxygen atoms in total. The van der Waals surface area contributed by atoms with E-state index in [1.165, 1.54) is 6.07 Å². The van der Waals surface area contributed by atoms with E-state index in [0.29, 0.717) is 10.0 Å². The topological polar surface area (TPSA) is 80.4 Å². The van der Waals surface area contributed by atoms with Crippen LogP contribution in [0, 0.1) is 0 Å². The largest absolute Gasteiger partial charge is 0.478 e. The minimum atomic E-state index is -1.04. The van der Waals surface area contributed by atoms with Gasteiger partial charge in [-0.2, -0.15) is 0 Å². The number of primary amides is 1. The molecule has 0 atom stereocenters. The molecule has 0 saturated heterocycles. The van der Waals surface area contributed by atoms with Crippen LogP contribution >= 0.6 is 15.9 Å².